The maximum atomic E-state index is 12.2. The SMILES string of the molecule is O=C(NC1CCCC1)C1CN(CC(=O)n2cccn2)CCO1. The van der Waals surface area contributed by atoms with E-state index in [1.165, 1.54) is 17.5 Å². The van der Waals surface area contributed by atoms with Gasteiger partial charge in [-0.25, -0.2) is 4.68 Å². The Hall–Kier alpha value is -1.73. The standard InChI is InChI=1S/C15H22N4O3/c20-14(19-7-3-6-16-19)11-18-8-9-22-13(10-18)15(21)17-12-4-1-2-5-12/h3,6-7,12-13H,1-2,4-5,8-11H2,(H,17,21). The minimum absolute atomic E-state index is 0.0526. The van der Waals surface area contributed by atoms with Gasteiger partial charge in [-0.2, -0.15) is 5.10 Å². The van der Waals surface area contributed by atoms with Crippen LogP contribution in [-0.2, 0) is 9.53 Å². The van der Waals surface area contributed by atoms with Crippen molar-refractivity contribution in [1.29, 1.82) is 0 Å². The molecule has 7 nitrogen and oxygen atoms in total. The molecule has 2 heterocycles. The third-order valence-electron chi connectivity index (χ3n) is 4.26. The Labute approximate surface area is 129 Å². The lowest BCUT2D eigenvalue weighted by molar-refractivity contribution is -0.139. The predicted molar refractivity (Wildman–Crippen MR) is 79.4 cm³/mol. The van der Waals surface area contributed by atoms with E-state index in [9.17, 15) is 9.59 Å². The number of aromatic nitrogens is 2. The van der Waals surface area contributed by atoms with E-state index in [1.54, 1.807) is 18.5 Å². The summed E-state index contributed by atoms with van der Waals surface area (Å²) in [6, 6.07) is 2.01. The second-order valence-corrected chi connectivity index (χ2v) is 5.93. The van der Waals surface area contributed by atoms with Crippen molar-refractivity contribution in [3.8, 4) is 0 Å². The summed E-state index contributed by atoms with van der Waals surface area (Å²) in [6.07, 6.45) is 7.20. The third kappa shape index (κ3) is 3.72. The van der Waals surface area contributed by atoms with Crippen molar-refractivity contribution in [1.82, 2.24) is 20.0 Å². The normalized spacial score (nSPS) is 23.5. The highest BCUT2D eigenvalue weighted by atomic mass is 16.5. The summed E-state index contributed by atoms with van der Waals surface area (Å²) >= 11 is 0. The minimum Gasteiger partial charge on any atom is -0.366 e. The molecule has 1 amide bonds. The van der Waals surface area contributed by atoms with Crippen molar-refractivity contribution < 1.29 is 14.3 Å². The Kier molecular flexibility index (Phi) is 4.84. The van der Waals surface area contributed by atoms with Gasteiger partial charge in [0.15, 0.2) is 0 Å². The molecule has 1 aromatic rings. The molecular weight excluding hydrogens is 284 g/mol. The van der Waals surface area contributed by atoms with Crippen LogP contribution in [0.5, 0.6) is 0 Å². The zero-order valence-corrected chi connectivity index (χ0v) is 12.6. The molecule has 1 aromatic heterocycles. The van der Waals surface area contributed by atoms with Crippen LogP contribution in [0.4, 0.5) is 0 Å². The van der Waals surface area contributed by atoms with Crippen LogP contribution in [-0.4, -0.2) is 64.9 Å². The first-order valence-electron chi connectivity index (χ1n) is 7.89. The molecule has 120 valence electrons. The zero-order valence-electron chi connectivity index (χ0n) is 12.6. The van der Waals surface area contributed by atoms with Gasteiger partial charge in [0.05, 0.1) is 13.2 Å². The zero-order chi connectivity index (χ0) is 15.4. The Morgan fingerprint density at radius 1 is 1.32 bits per heavy atom. The molecular formula is C15H22N4O3. The van der Waals surface area contributed by atoms with Gasteiger partial charge in [-0.05, 0) is 18.9 Å². The molecule has 2 aliphatic rings. The van der Waals surface area contributed by atoms with Gasteiger partial charge in [-0.3, -0.25) is 14.5 Å². The van der Waals surface area contributed by atoms with Crippen LogP contribution >= 0.6 is 0 Å². The van der Waals surface area contributed by atoms with Crippen LogP contribution in [0.25, 0.3) is 0 Å². The summed E-state index contributed by atoms with van der Waals surface area (Å²) in [6.45, 7) is 1.82. The predicted octanol–water partition coefficient (Wildman–Crippen LogP) is 0.283. The summed E-state index contributed by atoms with van der Waals surface area (Å²) in [5.74, 6) is -0.148. The summed E-state index contributed by atoms with van der Waals surface area (Å²) in [5.41, 5.74) is 0. The van der Waals surface area contributed by atoms with E-state index >= 15 is 0 Å². The number of nitrogens with zero attached hydrogens (tertiary/aromatic N) is 3. The first kappa shape index (κ1) is 15.2. The molecule has 2 fully saturated rings. The van der Waals surface area contributed by atoms with Gasteiger partial charge < -0.3 is 10.1 Å². The average molecular weight is 306 g/mol. The number of nitrogens with one attached hydrogen (secondary N) is 1. The Morgan fingerprint density at radius 2 is 2.14 bits per heavy atom. The van der Waals surface area contributed by atoms with Crippen molar-refractivity contribution in [3.05, 3.63) is 18.5 Å². The van der Waals surface area contributed by atoms with Gasteiger partial charge in [-0.1, -0.05) is 12.8 Å². The molecule has 0 bridgehead atoms. The van der Waals surface area contributed by atoms with Crippen molar-refractivity contribution in [2.45, 2.75) is 37.8 Å². The molecule has 7 heteroatoms. The van der Waals surface area contributed by atoms with Gasteiger partial charge in [0.2, 0.25) is 0 Å². The van der Waals surface area contributed by atoms with Gasteiger partial charge in [0.1, 0.15) is 6.10 Å². The molecule has 1 saturated heterocycles. The van der Waals surface area contributed by atoms with Crippen LogP contribution in [0.15, 0.2) is 18.5 Å². The monoisotopic (exact) mass is 306 g/mol. The number of morpholine rings is 1. The fourth-order valence-electron chi connectivity index (χ4n) is 3.05. The molecule has 1 saturated carbocycles. The molecule has 22 heavy (non-hydrogen) atoms. The lowest BCUT2D eigenvalue weighted by atomic mass is 10.2. The van der Waals surface area contributed by atoms with E-state index in [0.29, 0.717) is 19.7 Å². The smallest absolute Gasteiger partial charge is 0.260 e. The third-order valence-corrected chi connectivity index (χ3v) is 4.26. The first-order valence-corrected chi connectivity index (χ1v) is 7.89. The Morgan fingerprint density at radius 3 is 2.86 bits per heavy atom. The van der Waals surface area contributed by atoms with E-state index < -0.39 is 6.10 Å². The molecule has 0 radical (unpaired) electrons. The Bertz CT molecular complexity index is 511. The number of ether oxygens (including phenoxy) is 1. The number of hydrogen-bond acceptors (Lipinski definition) is 5. The largest absolute Gasteiger partial charge is 0.366 e. The van der Waals surface area contributed by atoms with Crippen LogP contribution in [0.3, 0.4) is 0 Å². The second kappa shape index (κ2) is 7.02. The highest BCUT2D eigenvalue weighted by Crippen LogP contribution is 2.18. The first-order chi connectivity index (χ1) is 10.7. The lowest BCUT2D eigenvalue weighted by Gasteiger charge is -2.32. The summed E-state index contributed by atoms with van der Waals surface area (Å²) in [4.78, 5) is 26.2. The van der Waals surface area contributed by atoms with E-state index in [0.717, 1.165) is 12.8 Å². The number of amides is 1. The minimum atomic E-state index is -0.486. The molecule has 1 aliphatic carbocycles. The molecule has 1 aliphatic heterocycles. The van der Waals surface area contributed by atoms with Crippen molar-refractivity contribution in [3.63, 3.8) is 0 Å². The van der Waals surface area contributed by atoms with Gasteiger partial charge in [-0.15, -0.1) is 0 Å². The number of carbonyl (C=O) groups excluding carboxylic acids is 2. The van der Waals surface area contributed by atoms with Crippen molar-refractivity contribution >= 4 is 11.8 Å². The fraction of sp³-hybridized carbons (Fsp3) is 0.667. The van der Waals surface area contributed by atoms with Crippen LogP contribution < -0.4 is 5.32 Å². The lowest BCUT2D eigenvalue weighted by Crippen LogP contribution is -2.52. The van der Waals surface area contributed by atoms with E-state index in [4.69, 9.17) is 4.74 Å². The van der Waals surface area contributed by atoms with Gasteiger partial charge in [0, 0.05) is 31.5 Å². The molecule has 1 unspecified atom stereocenters. The van der Waals surface area contributed by atoms with Crippen LogP contribution in [0.2, 0.25) is 0 Å². The number of carbonyl (C=O) groups is 2. The highest BCUT2D eigenvalue weighted by Gasteiger charge is 2.29. The fourth-order valence-corrected chi connectivity index (χ4v) is 3.05. The summed E-state index contributed by atoms with van der Waals surface area (Å²) in [5, 5.41) is 6.99. The van der Waals surface area contributed by atoms with Crippen molar-refractivity contribution in [2.24, 2.45) is 0 Å². The van der Waals surface area contributed by atoms with E-state index in [2.05, 4.69) is 10.4 Å². The Balaban J connectivity index is 1.50. The highest BCUT2D eigenvalue weighted by molar-refractivity contribution is 5.82. The van der Waals surface area contributed by atoms with Crippen LogP contribution in [0, 0.1) is 0 Å². The number of hydrogen-bond donors (Lipinski definition) is 1. The molecule has 3 rings (SSSR count). The van der Waals surface area contributed by atoms with Crippen molar-refractivity contribution in [2.75, 3.05) is 26.2 Å². The second-order valence-electron chi connectivity index (χ2n) is 5.93. The maximum absolute atomic E-state index is 12.2. The van der Waals surface area contributed by atoms with E-state index in [-0.39, 0.29) is 24.4 Å². The van der Waals surface area contributed by atoms with Crippen LogP contribution in [0.1, 0.15) is 30.5 Å². The maximum Gasteiger partial charge on any atom is 0.260 e. The molecule has 0 aromatic carbocycles. The van der Waals surface area contributed by atoms with Gasteiger partial charge >= 0.3 is 0 Å². The topological polar surface area (TPSA) is 76.5 Å². The quantitative estimate of drug-likeness (QED) is 0.865. The molecule has 0 spiro atoms. The van der Waals surface area contributed by atoms with E-state index in [1.807, 2.05) is 4.90 Å². The summed E-state index contributed by atoms with van der Waals surface area (Å²) < 4.78 is 6.89. The summed E-state index contributed by atoms with van der Waals surface area (Å²) in [7, 11) is 0. The van der Waals surface area contributed by atoms with Gasteiger partial charge in [0.25, 0.3) is 11.8 Å². The number of rotatable bonds is 4. The molecule has 1 atom stereocenters. The molecule has 1 N–H and O–H groups in total. The average Bonchev–Trinajstić information content (AvgIpc) is 3.21.